The van der Waals surface area contributed by atoms with E-state index in [1.807, 2.05) is 6.92 Å². The van der Waals surface area contributed by atoms with Crippen LogP contribution in [0.1, 0.15) is 46.0 Å². The first kappa shape index (κ1) is 13.5. The highest BCUT2D eigenvalue weighted by molar-refractivity contribution is 5.72. The lowest BCUT2D eigenvalue weighted by Crippen LogP contribution is -2.39. The number of carbonyl (C=O) groups excluding carboxylic acids is 1. The average Bonchev–Trinajstić information content (AvgIpc) is 2.30. The second kappa shape index (κ2) is 7.66. The zero-order valence-electron chi connectivity index (χ0n) is 10.7. The van der Waals surface area contributed by atoms with Crippen molar-refractivity contribution in [1.29, 1.82) is 0 Å². The molecule has 0 aromatic carbocycles. The molecule has 1 saturated heterocycles. The quantitative estimate of drug-likeness (QED) is 0.515. The molecule has 1 heterocycles. The maximum absolute atomic E-state index is 11.6. The molecular weight excluding hydrogens is 202 g/mol. The van der Waals surface area contributed by atoms with Crippen molar-refractivity contribution in [3.05, 3.63) is 0 Å². The summed E-state index contributed by atoms with van der Waals surface area (Å²) in [6, 6.07) is 0. The zero-order chi connectivity index (χ0) is 11.8. The van der Waals surface area contributed by atoms with Crippen LogP contribution in [-0.4, -0.2) is 37.1 Å². The minimum Gasteiger partial charge on any atom is -0.466 e. The van der Waals surface area contributed by atoms with E-state index >= 15 is 0 Å². The Morgan fingerprint density at radius 1 is 1.38 bits per heavy atom. The minimum absolute atomic E-state index is 0.00249. The van der Waals surface area contributed by atoms with Crippen molar-refractivity contribution in [3.8, 4) is 0 Å². The lowest BCUT2D eigenvalue weighted by molar-refractivity contribution is -0.149. The smallest absolute Gasteiger partial charge is 0.310 e. The molecule has 1 rings (SSSR count). The normalized spacial score (nSPS) is 22.0. The number of esters is 1. The minimum atomic E-state index is 0.00249. The summed E-state index contributed by atoms with van der Waals surface area (Å²) >= 11 is 0. The summed E-state index contributed by atoms with van der Waals surface area (Å²) in [5.41, 5.74) is 0. The van der Waals surface area contributed by atoms with Crippen LogP contribution in [0, 0.1) is 5.92 Å². The van der Waals surface area contributed by atoms with Gasteiger partial charge in [-0.05, 0) is 39.3 Å². The Kier molecular flexibility index (Phi) is 6.46. The molecule has 3 nitrogen and oxygen atoms in total. The molecule has 1 aliphatic rings. The van der Waals surface area contributed by atoms with E-state index in [0.717, 1.165) is 32.5 Å². The molecule has 0 aromatic heterocycles. The van der Waals surface area contributed by atoms with Gasteiger partial charge in [0.25, 0.3) is 0 Å². The second-order valence-electron chi connectivity index (χ2n) is 4.60. The molecule has 0 aliphatic carbocycles. The first-order valence-corrected chi connectivity index (χ1v) is 6.66. The third kappa shape index (κ3) is 4.52. The first-order valence-electron chi connectivity index (χ1n) is 6.66. The molecule has 3 heteroatoms. The van der Waals surface area contributed by atoms with E-state index < -0.39 is 0 Å². The Morgan fingerprint density at radius 2 is 2.19 bits per heavy atom. The Hall–Kier alpha value is -0.570. The van der Waals surface area contributed by atoms with Gasteiger partial charge in [-0.25, -0.2) is 0 Å². The van der Waals surface area contributed by atoms with Gasteiger partial charge in [0, 0.05) is 6.54 Å². The summed E-state index contributed by atoms with van der Waals surface area (Å²) in [7, 11) is 0. The monoisotopic (exact) mass is 227 g/mol. The van der Waals surface area contributed by atoms with Gasteiger partial charge in [0.1, 0.15) is 0 Å². The van der Waals surface area contributed by atoms with E-state index in [-0.39, 0.29) is 11.9 Å². The summed E-state index contributed by atoms with van der Waals surface area (Å²) < 4.78 is 5.09. The SMILES string of the molecule is CCCCCN1CCC[C@H](C(=O)OCC)C1. The van der Waals surface area contributed by atoms with Crippen molar-refractivity contribution in [1.82, 2.24) is 4.90 Å². The van der Waals surface area contributed by atoms with Gasteiger partial charge in [-0.2, -0.15) is 0 Å². The molecule has 0 unspecified atom stereocenters. The third-order valence-electron chi connectivity index (χ3n) is 3.20. The molecule has 1 atom stereocenters. The standard InChI is InChI=1S/C13H25NO2/c1-3-5-6-9-14-10-7-8-12(11-14)13(15)16-4-2/h12H,3-11H2,1-2H3/t12-/m0/s1. The highest BCUT2D eigenvalue weighted by atomic mass is 16.5. The van der Waals surface area contributed by atoms with Gasteiger partial charge in [-0.3, -0.25) is 4.79 Å². The van der Waals surface area contributed by atoms with Gasteiger partial charge in [-0.1, -0.05) is 19.8 Å². The fourth-order valence-corrected chi connectivity index (χ4v) is 2.30. The van der Waals surface area contributed by atoms with Gasteiger partial charge >= 0.3 is 5.97 Å². The van der Waals surface area contributed by atoms with E-state index in [0.29, 0.717) is 6.61 Å². The molecule has 94 valence electrons. The Bertz CT molecular complexity index is 206. The van der Waals surface area contributed by atoms with E-state index in [4.69, 9.17) is 4.74 Å². The number of ether oxygens (including phenoxy) is 1. The van der Waals surface area contributed by atoms with Crippen molar-refractivity contribution in [2.75, 3.05) is 26.2 Å². The summed E-state index contributed by atoms with van der Waals surface area (Å²) in [5, 5.41) is 0. The predicted molar refractivity (Wildman–Crippen MR) is 65.3 cm³/mol. The number of hydrogen-bond acceptors (Lipinski definition) is 3. The first-order chi connectivity index (χ1) is 7.77. The molecule has 0 spiro atoms. The lowest BCUT2D eigenvalue weighted by atomic mass is 9.98. The van der Waals surface area contributed by atoms with Crippen LogP contribution < -0.4 is 0 Å². The second-order valence-corrected chi connectivity index (χ2v) is 4.60. The van der Waals surface area contributed by atoms with E-state index in [2.05, 4.69) is 11.8 Å². The zero-order valence-corrected chi connectivity index (χ0v) is 10.7. The van der Waals surface area contributed by atoms with Crippen LogP contribution in [0.2, 0.25) is 0 Å². The van der Waals surface area contributed by atoms with Gasteiger partial charge in [0.05, 0.1) is 12.5 Å². The largest absolute Gasteiger partial charge is 0.466 e. The summed E-state index contributed by atoms with van der Waals surface area (Å²) in [4.78, 5) is 14.0. The molecular formula is C13H25NO2. The topological polar surface area (TPSA) is 29.5 Å². The molecule has 1 aliphatic heterocycles. The number of piperidine rings is 1. The molecule has 0 radical (unpaired) electrons. The van der Waals surface area contributed by atoms with Crippen molar-refractivity contribution >= 4 is 5.97 Å². The predicted octanol–water partition coefficient (Wildman–Crippen LogP) is 2.45. The highest BCUT2D eigenvalue weighted by Crippen LogP contribution is 2.18. The maximum Gasteiger partial charge on any atom is 0.310 e. The van der Waals surface area contributed by atoms with E-state index in [1.54, 1.807) is 0 Å². The van der Waals surface area contributed by atoms with Crippen molar-refractivity contribution < 1.29 is 9.53 Å². The fourth-order valence-electron chi connectivity index (χ4n) is 2.30. The van der Waals surface area contributed by atoms with Crippen LogP contribution in [0.15, 0.2) is 0 Å². The van der Waals surface area contributed by atoms with Gasteiger partial charge < -0.3 is 9.64 Å². The Balaban J connectivity index is 2.26. The van der Waals surface area contributed by atoms with Crippen molar-refractivity contribution in [2.45, 2.75) is 46.0 Å². The van der Waals surface area contributed by atoms with Crippen LogP contribution in [0.4, 0.5) is 0 Å². The number of unbranched alkanes of at least 4 members (excludes halogenated alkanes) is 2. The number of hydrogen-bond donors (Lipinski definition) is 0. The maximum atomic E-state index is 11.6. The number of carbonyl (C=O) groups is 1. The van der Waals surface area contributed by atoms with E-state index in [1.165, 1.54) is 19.3 Å². The molecule has 0 amide bonds. The Morgan fingerprint density at radius 3 is 2.88 bits per heavy atom. The van der Waals surface area contributed by atoms with Crippen LogP contribution >= 0.6 is 0 Å². The van der Waals surface area contributed by atoms with Gasteiger partial charge in [0.15, 0.2) is 0 Å². The van der Waals surface area contributed by atoms with Gasteiger partial charge in [0.2, 0.25) is 0 Å². The molecule has 1 fully saturated rings. The molecule has 16 heavy (non-hydrogen) atoms. The van der Waals surface area contributed by atoms with Crippen LogP contribution in [0.5, 0.6) is 0 Å². The molecule has 0 saturated carbocycles. The van der Waals surface area contributed by atoms with E-state index in [9.17, 15) is 4.79 Å². The van der Waals surface area contributed by atoms with Crippen LogP contribution in [0.3, 0.4) is 0 Å². The van der Waals surface area contributed by atoms with Crippen molar-refractivity contribution in [2.24, 2.45) is 5.92 Å². The third-order valence-corrected chi connectivity index (χ3v) is 3.20. The molecule has 0 N–H and O–H groups in total. The van der Waals surface area contributed by atoms with Gasteiger partial charge in [-0.15, -0.1) is 0 Å². The van der Waals surface area contributed by atoms with Crippen LogP contribution in [-0.2, 0) is 9.53 Å². The average molecular weight is 227 g/mol. The Labute approximate surface area is 99.1 Å². The molecule has 0 aromatic rings. The number of nitrogens with zero attached hydrogens (tertiary/aromatic N) is 1. The highest BCUT2D eigenvalue weighted by Gasteiger charge is 2.26. The van der Waals surface area contributed by atoms with Crippen LogP contribution in [0.25, 0.3) is 0 Å². The summed E-state index contributed by atoms with van der Waals surface area (Å²) in [6.07, 6.45) is 5.94. The fraction of sp³-hybridized carbons (Fsp3) is 0.923. The molecule has 0 bridgehead atoms. The van der Waals surface area contributed by atoms with Crippen molar-refractivity contribution in [3.63, 3.8) is 0 Å². The number of likely N-dealkylation sites (tertiary alicyclic amines) is 1. The summed E-state index contributed by atoms with van der Waals surface area (Å²) in [5.74, 6) is 0.123. The number of rotatable bonds is 6. The lowest BCUT2D eigenvalue weighted by Gasteiger charge is -2.31. The summed E-state index contributed by atoms with van der Waals surface area (Å²) in [6.45, 7) is 7.80.